The summed E-state index contributed by atoms with van der Waals surface area (Å²) in [4.78, 5) is 24.8. The molecule has 8 nitrogen and oxygen atoms in total. The third-order valence-electron chi connectivity index (χ3n) is 6.24. The zero-order valence-corrected chi connectivity index (χ0v) is 24.7. The van der Waals surface area contributed by atoms with E-state index in [2.05, 4.69) is 33.5 Å². The number of fused-ring (bicyclic) bond motifs is 1. The lowest BCUT2D eigenvalue weighted by molar-refractivity contribution is -0.697. The Bertz CT molecular complexity index is 1440. The van der Waals surface area contributed by atoms with Crippen molar-refractivity contribution in [2.24, 2.45) is 0 Å². The number of aryl methyl sites for hydroxylation is 1. The molecular weight excluding hydrogens is 586 g/mol. The Morgan fingerprint density at radius 3 is 2.37 bits per heavy atom. The predicted molar refractivity (Wildman–Crippen MR) is 163 cm³/mol. The first kappa shape index (κ1) is 30.2. The molecule has 4 aromatic rings. The van der Waals surface area contributed by atoms with Gasteiger partial charge in [0.2, 0.25) is 0 Å². The van der Waals surface area contributed by atoms with E-state index in [0.717, 1.165) is 45.9 Å². The molecule has 3 aromatic carbocycles. The molecule has 0 fully saturated rings. The highest BCUT2D eigenvalue weighted by Gasteiger charge is 2.13. The first-order chi connectivity index (χ1) is 20.0. The molecule has 1 aromatic heterocycles. The number of nitrogens with one attached hydrogen (secondary N) is 2. The van der Waals surface area contributed by atoms with Crippen LogP contribution in [0, 0.1) is 0 Å². The maximum absolute atomic E-state index is 12.7. The normalized spacial score (nSPS) is 10.9. The van der Waals surface area contributed by atoms with Crippen LogP contribution in [-0.4, -0.2) is 45.0 Å². The van der Waals surface area contributed by atoms with E-state index in [-0.39, 0.29) is 19.1 Å². The molecule has 0 atom stereocenters. The smallest absolute Gasteiger partial charge is 0.411 e. The lowest BCUT2D eigenvalue weighted by atomic mass is 10.1. The van der Waals surface area contributed by atoms with E-state index in [4.69, 9.17) is 14.2 Å². The Labute approximate surface area is 248 Å². The summed E-state index contributed by atoms with van der Waals surface area (Å²) in [6.07, 6.45) is 5.04. The van der Waals surface area contributed by atoms with Crippen molar-refractivity contribution in [2.45, 2.75) is 26.3 Å². The number of hydrogen-bond donors (Lipinski definition) is 2. The first-order valence-corrected chi connectivity index (χ1v) is 14.5. The van der Waals surface area contributed by atoms with Gasteiger partial charge in [0.05, 0.1) is 36.6 Å². The van der Waals surface area contributed by atoms with E-state index < -0.39 is 6.09 Å². The number of aromatic nitrogens is 1. The van der Waals surface area contributed by atoms with Crippen LogP contribution < -0.4 is 15.2 Å². The maximum atomic E-state index is 12.7. The molecule has 0 aliphatic carbocycles. The second kappa shape index (κ2) is 15.9. The summed E-state index contributed by atoms with van der Waals surface area (Å²) in [6.45, 7) is 4.80. The van der Waals surface area contributed by atoms with Gasteiger partial charge in [0.25, 0.3) is 5.91 Å². The minimum absolute atomic E-state index is 0.150. The number of anilines is 2. The number of rotatable bonds is 14. The Hall–Kier alpha value is -3.79. The largest absolute Gasteiger partial charge is 0.447 e. The number of carbonyl (C=O) groups is 2. The molecule has 0 aliphatic rings. The maximum Gasteiger partial charge on any atom is 0.411 e. The Morgan fingerprint density at radius 1 is 0.829 bits per heavy atom. The number of ether oxygens (including phenoxy) is 3. The quantitative estimate of drug-likeness (QED) is 0.126. The Kier molecular flexibility index (Phi) is 11.7. The Morgan fingerprint density at radius 2 is 1.56 bits per heavy atom. The van der Waals surface area contributed by atoms with E-state index in [0.29, 0.717) is 31.1 Å². The topological polar surface area (TPSA) is 89.8 Å². The van der Waals surface area contributed by atoms with Gasteiger partial charge >= 0.3 is 6.09 Å². The van der Waals surface area contributed by atoms with Crippen LogP contribution in [0.3, 0.4) is 0 Å². The van der Waals surface area contributed by atoms with Gasteiger partial charge in [-0.15, -0.1) is 0 Å². The van der Waals surface area contributed by atoms with Crippen LogP contribution in [0.4, 0.5) is 16.2 Å². The lowest BCUT2D eigenvalue weighted by Gasteiger charge is -2.10. The van der Waals surface area contributed by atoms with Crippen LogP contribution in [0.25, 0.3) is 10.8 Å². The summed E-state index contributed by atoms with van der Waals surface area (Å²) in [5.41, 5.74) is 3.16. The van der Waals surface area contributed by atoms with Gasteiger partial charge < -0.3 is 19.5 Å². The second-order valence-corrected chi connectivity index (χ2v) is 10.3. The summed E-state index contributed by atoms with van der Waals surface area (Å²) >= 11 is 3.48. The number of carbonyl (C=O) groups excluding carboxylic acids is 2. The zero-order valence-electron chi connectivity index (χ0n) is 23.1. The molecule has 0 bridgehead atoms. The highest BCUT2D eigenvalue weighted by Crippen LogP contribution is 2.23. The van der Waals surface area contributed by atoms with Gasteiger partial charge in [0, 0.05) is 17.5 Å². The number of nitrogens with zero attached hydrogens (tertiary/aromatic N) is 1. The van der Waals surface area contributed by atoms with Crippen molar-refractivity contribution >= 4 is 50.1 Å². The highest BCUT2D eigenvalue weighted by molar-refractivity contribution is 9.10. The number of halogens is 1. The van der Waals surface area contributed by atoms with Crippen LogP contribution in [-0.2, 0) is 27.2 Å². The molecule has 0 unspecified atom stereocenters. The molecule has 0 aliphatic heterocycles. The average Bonchev–Trinajstić information content (AvgIpc) is 2.97. The fraction of sp³-hybridized carbons (Fsp3) is 0.281. The summed E-state index contributed by atoms with van der Waals surface area (Å²) < 4.78 is 19.2. The third-order valence-corrected chi connectivity index (χ3v) is 6.67. The van der Waals surface area contributed by atoms with Gasteiger partial charge in [-0.3, -0.25) is 10.1 Å². The fourth-order valence-corrected chi connectivity index (χ4v) is 4.76. The molecule has 0 saturated heterocycles. The van der Waals surface area contributed by atoms with Crippen LogP contribution in [0.15, 0.2) is 89.7 Å². The van der Waals surface area contributed by atoms with Crippen LogP contribution in [0.2, 0.25) is 0 Å². The third kappa shape index (κ3) is 9.67. The van der Waals surface area contributed by atoms with E-state index in [1.54, 1.807) is 0 Å². The zero-order chi connectivity index (χ0) is 28.9. The number of hydrogen-bond acceptors (Lipinski definition) is 5. The van der Waals surface area contributed by atoms with E-state index in [1.165, 1.54) is 0 Å². The van der Waals surface area contributed by atoms with Gasteiger partial charge in [-0.05, 0) is 57.6 Å². The summed E-state index contributed by atoms with van der Waals surface area (Å²) in [7, 11) is 0. The molecule has 0 saturated carbocycles. The van der Waals surface area contributed by atoms with Crippen molar-refractivity contribution in [3.8, 4) is 0 Å². The summed E-state index contributed by atoms with van der Waals surface area (Å²) in [6, 6.07) is 23.1. The highest BCUT2D eigenvalue weighted by atomic mass is 79.9. The molecule has 2 amide bonds. The molecule has 1 heterocycles. The number of benzene rings is 3. The number of amides is 2. The van der Waals surface area contributed by atoms with Gasteiger partial charge in [-0.1, -0.05) is 55.5 Å². The van der Waals surface area contributed by atoms with Gasteiger partial charge in [0.1, 0.15) is 18.7 Å². The fourth-order valence-electron chi connectivity index (χ4n) is 4.25. The standard InChI is InChI=1S/C32H34BrN3O5/c1-2-15-36-22-26(21-27(33)23-36)31(37)34-28-12-10-24(11-13-28)14-16-39-17-18-40-19-20-41-32(38)35-30-9-5-7-25-6-3-4-8-29(25)30/h3-13,21-23H,2,14-20H2,1H3,(H-,34,35,37,38)/p+1. The van der Waals surface area contributed by atoms with Crippen LogP contribution in [0.5, 0.6) is 0 Å². The molecule has 9 heteroatoms. The van der Waals surface area contributed by atoms with Crippen molar-refractivity contribution in [2.75, 3.05) is 43.7 Å². The van der Waals surface area contributed by atoms with Gasteiger partial charge in [-0.2, -0.15) is 0 Å². The van der Waals surface area contributed by atoms with Crippen molar-refractivity contribution in [1.82, 2.24) is 0 Å². The minimum atomic E-state index is -0.514. The number of pyridine rings is 1. The summed E-state index contributed by atoms with van der Waals surface area (Å²) in [5, 5.41) is 7.74. The van der Waals surface area contributed by atoms with Crippen molar-refractivity contribution in [3.63, 3.8) is 0 Å². The molecular formula is C32H35BrN3O5+. The second-order valence-electron chi connectivity index (χ2n) is 9.39. The average molecular weight is 622 g/mol. The van der Waals surface area contributed by atoms with E-state index >= 15 is 0 Å². The van der Waals surface area contributed by atoms with E-state index in [9.17, 15) is 9.59 Å². The monoisotopic (exact) mass is 620 g/mol. The first-order valence-electron chi connectivity index (χ1n) is 13.7. The van der Waals surface area contributed by atoms with Crippen molar-refractivity contribution in [3.05, 3.63) is 101 Å². The Balaban J connectivity index is 1.06. The summed E-state index contributed by atoms with van der Waals surface area (Å²) in [5.74, 6) is -0.150. The van der Waals surface area contributed by atoms with Crippen LogP contribution in [0.1, 0.15) is 29.3 Å². The molecule has 4 rings (SSSR count). The molecule has 214 valence electrons. The minimum Gasteiger partial charge on any atom is -0.447 e. The van der Waals surface area contributed by atoms with Crippen LogP contribution >= 0.6 is 15.9 Å². The van der Waals surface area contributed by atoms with E-state index in [1.807, 2.05) is 89.8 Å². The lowest BCUT2D eigenvalue weighted by Crippen LogP contribution is -2.34. The molecule has 0 radical (unpaired) electrons. The van der Waals surface area contributed by atoms with Gasteiger partial charge in [-0.25, -0.2) is 9.36 Å². The molecule has 2 N–H and O–H groups in total. The SMILES string of the molecule is CCC[n+]1cc(Br)cc(C(=O)Nc2ccc(CCOCCOCCOC(=O)Nc3cccc4ccccc34)cc2)c1. The molecule has 0 spiro atoms. The predicted octanol–water partition coefficient (Wildman–Crippen LogP) is 6.38. The van der Waals surface area contributed by atoms with Crippen molar-refractivity contribution in [1.29, 1.82) is 0 Å². The van der Waals surface area contributed by atoms with Gasteiger partial charge in [0.15, 0.2) is 12.4 Å². The van der Waals surface area contributed by atoms with Crippen molar-refractivity contribution < 1.29 is 28.4 Å². The molecule has 41 heavy (non-hydrogen) atoms.